The van der Waals surface area contributed by atoms with Gasteiger partial charge in [0.25, 0.3) is 0 Å². The molecule has 0 aliphatic carbocycles. The van der Waals surface area contributed by atoms with Crippen molar-refractivity contribution in [1.82, 2.24) is 15.5 Å². The van der Waals surface area contributed by atoms with E-state index in [1.807, 2.05) is 6.92 Å². The molecule has 0 heterocycles. The molecule has 9 heteroatoms. The number of unbranched alkanes of at least 4 members (excludes halogenated alkanes) is 1. The van der Waals surface area contributed by atoms with Crippen LogP contribution in [-0.4, -0.2) is 50.2 Å². The summed E-state index contributed by atoms with van der Waals surface area (Å²) in [5.74, 6) is 0.725. The highest BCUT2D eigenvalue weighted by Gasteiger charge is 2.10. The highest BCUT2D eigenvalue weighted by atomic mass is 127. The molecule has 0 aromatic heterocycles. The fraction of sp³-hybridized carbons (Fsp3) is 0.632. The molecule has 0 bridgehead atoms. The lowest BCUT2D eigenvalue weighted by molar-refractivity contribution is -0.0504. The van der Waals surface area contributed by atoms with E-state index >= 15 is 0 Å². The Labute approximate surface area is 189 Å². The van der Waals surface area contributed by atoms with Gasteiger partial charge in [-0.05, 0) is 65.4 Å². The van der Waals surface area contributed by atoms with Crippen molar-refractivity contribution in [2.75, 3.05) is 26.7 Å². The van der Waals surface area contributed by atoms with Crippen molar-refractivity contribution >= 4 is 41.5 Å². The third kappa shape index (κ3) is 11.2. The van der Waals surface area contributed by atoms with E-state index in [1.54, 1.807) is 6.07 Å². The number of nitrogens with one attached hydrogen (secondary N) is 2. The quantitative estimate of drug-likeness (QED) is 0.187. The van der Waals surface area contributed by atoms with Gasteiger partial charge in [-0.3, -0.25) is 0 Å². The number of aliphatic imine (C=N–C) groups is 1. The Kier molecular flexibility index (Phi) is 14.6. The Morgan fingerprint density at radius 1 is 1.25 bits per heavy atom. The summed E-state index contributed by atoms with van der Waals surface area (Å²) in [6.45, 7) is 6.17. The molecule has 0 aliphatic rings. The van der Waals surface area contributed by atoms with Crippen LogP contribution >= 0.6 is 35.6 Å². The maximum absolute atomic E-state index is 12.5. The molecule has 1 aromatic carbocycles. The number of guanidine groups is 1. The van der Waals surface area contributed by atoms with Crippen molar-refractivity contribution in [2.24, 2.45) is 4.99 Å². The normalized spacial score (nSPS) is 11.7. The van der Waals surface area contributed by atoms with E-state index in [9.17, 15) is 8.78 Å². The van der Waals surface area contributed by atoms with E-state index < -0.39 is 6.61 Å². The van der Waals surface area contributed by atoms with Crippen LogP contribution in [0.3, 0.4) is 0 Å². The zero-order valence-corrected chi connectivity index (χ0v) is 20.1. The average Bonchev–Trinajstić information content (AvgIpc) is 2.60. The monoisotopic (exact) mass is 532 g/mol. The minimum absolute atomic E-state index is 0. The molecule has 1 aromatic rings. The van der Waals surface area contributed by atoms with Crippen LogP contribution in [0.5, 0.6) is 5.75 Å². The van der Waals surface area contributed by atoms with Crippen LogP contribution in [0.4, 0.5) is 8.78 Å². The van der Waals surface area contributed by atoms with Crippen LogP contribution in [0.1, 0.15) is 39.2 Å². The van der Waals surface area contributed by atoms with Crippen molar-refractivity contribution < 1.29 is 13.5 Å². The van der Waals surface area contributed by atoms with E-state index in [4.69, 9.17) is 11.6 Å². The van der Waals surface area contributed by atoms with Gasteiger partial charge in [-0.1, -0.05) is 11.6 Å². The number of alkyl halides is 2. The highest BCUT2D eigenvalue weighted by Crippen LogP contribution is 2.25. The first-order valence-electron chi connectivity index (χ1n) is 9.29. The number of nitrogens with zero attached hydrogens (tertiary/aromatic N) is 2. The molecule has 0 amide bonds. The summed E-state index contributed by atoms with van der Waals surface area (Å²) in [6.07, 6.45) is 2.10. The largest absolute Gasteiger partial charge is 0.434 e. The zero-order valence-electron chi connectivity index (χ0n) is 17.0. The molecule has 0 saturated carbocycles. The van der Waals surface area contributed by atoms with Crippen LogP contribution in [-0.2, 0) is 6.54 Å². The maximum atomic E-state index is 12.5. The lowest BCUT2D eigenvalue weighted by Crippen LogP contribution is -2.38. The number of hydrogen-bond acceptors (Lipinski definition) is 3. The van der Waals surface area contributed by atoms with Crippen LogP contribution in [0.2, 0.25) is 5.02 Å². The summed E-state index contributed by atoms with van der Waals surface area (Å²) in [4.78, 5) is 6.76. The van der Waals surface area contributed by atoms with Crippen molar-refractivity contribution in [3.05, 3.63) is 28.8 Å². The van der Waals surface area contributed by atoms with Gasteiger partial charge < -0.3 is 20.3 Å². The predicted molar refractivity (Wildman–Crippen MR) is 123 cm³/mol. The summed E-state index contributed by atoms with van der Waals surface area (Å²) < 4.78 is 29.6. The highest BCUT2D eigenvalue weighted by molar-refractivity contribution is 14.0. The second-order valence-electron chi connectivity index (χ2n) is 6.53. The lowest BCUT2D eigenvalue weighted by Gasteiger charge is -2.20. The van der Waals surface area contributed by atoms with Gasteiger partial charge in [-0.2, -0.15) is 8.78 Å². The fourth-order valence-corrected chi connectivity index (χ4v) is 2.53. The Morgan fingerprint density at radius 3 is 2.57 bits per heavy atom. The predicted octanol–water partition coefficient (Wildman–Crippen LogP) is 4.73. The first-order chi connectivity index (χ1) is 12.8. The van der Waals surface area contributed by atoms with E-state index in [-0.39, 0.29) is 36.3 Å². The van der Waals surface area contributed by atoms with Crippen LogP contribution in [0.25, 0.3) is 0 Å². The molecular weight excluding hydrogens is 501 g/mol. The van der Waals surface area contributed by atoms with E-state index in [1.165, 1.54) is 12.1 Å². The first-order valence-corrected chi connectivity index (χ1v) is 9.67. The van der Waals surface area contributed by atoms with E-state index in [2.05, 4.69) is 46.2 Å². The van der Waals surface area contributed by atoms with Gasteiger partial charge in [0.1, 0.15) is 5.75 Å². The summed E-state index contributed by atoms with van der Waals surface area (Å²) in [5, 5.41) is 6.87. The Bertz CT molecular complexity index is 591. The van der Waals surface area contributed by atoms with Crippen LogP contribution in [0.15, 0.2) is 23.2 Å². The Hall–Kier alpha value is -0.870. The van der Waals surface area contributed by atoms with Crippen LogP contribution < -0.4 is 15.4 Å². The van der Waals surface area contributed by atoms with Crippen molar-refractivity contribution in [2.45, 2.75) is 52.8 Å². The summed E-state index contributed by atoms with van der Waals surface area (Å²) in [6, 6.07) is 5.09. The van der Waals surface area contributed by atoms with Crippen molar-refractivity contribution in [3.8, 4) is 5.75 Å². The van der Waals surface area contributed by atoms with Gasteiger partial charge >= 0.3 is 6.61 Å². The molecule has 162 valence electrons. The molecule has 0 atom stereocenters. The summed E-state index contributed by atoms with van der Waals surface area (Å²) in [5.41, 5.74) is 0.513. The second-order valence-corrected chi connectivity index (χ2v) is 6.97. The van der Waals surface area contributed by atoms with Crippen molar-refractivity contribution in [1.29, 1.82) is 0 Å². The molecule has 5 nitrogen and oxygen atoms in total. The molecule has 0 aliphatic heterocycles. The molecule has 1 rings (SSSR count). The molecule has 0 unspecified atom stereocenters. The molecule has 0 fully saturated rings. The van der Waals surface area contributed by atoms with Gasteiger partial charge in [0.2, 0.25) is 0 Å². The summed E-state index contributed by atoms with van der Waals surface area (Å²) >= 11 is 5.97. The smallest absolute Gasteiger partial charge is 0.387 e. The topological polar surface area (TPSA) is 48.9 Å². The maximum Gasteiger partial charge on any atom is 0.387 e. The molecule has 0 saturated heterocycles. The number of ether oxygens (including phenoxy) is 1. The fourth-order valence-electron chi connectivity index (χ4n) is 2.34. The molecule has 0 spiro atoms. The minimum Gasteiger partial charge on any atom is -0.434 e. The third-order valence-electron chi connectivity index (χ3n) is 4.10. The average molecular weight is 533 g/mol. The molecule has 0 radical (unpaired) electrons. The van der Waals surface area contributed by atoms with E-state index in [0.717, 1.165) is 25.9 Å². The molecule has 28 heavy (non-hydrogen) atoms. The number of benzene rings is 1. The Morgan fingerprint density at radius 2 is 1.96 bits per heavy atom. The van der Waals surface area contributed by atoms with Crippen molar-refractivity contribution in [3.63, 3.8) is 0 Å². The second kappa shape index (κ2) is 15.0. The number of halogens is 4. The van der Waals surface area contributed by atoms with Gasteiger partial charge in [-0.25, -0.2) is 4.99 Å². The van der Waals surface area contributed by atoms with Gasteiger partial charge in [-0.15, -0.1) is 24.0 Å². The Balaban J connectivity index is 0.00000729. The summed E-state index contributed by atoms with van der Waals surface area (Å²) in [7, 11) is 2.12. The third-order valence-corrected chi connectivity index (χ3v) is 4.34. The molecule has 2 N–H and O–H groups in total. The standard InChI is InChI=1S/C19H31ClF2N4O.HI/c1-5-23-19(24-10-6-7-11-26(4)14(2)3)25-13-15-12-16(20)8-9-17(15)27-18(21)22;/h8-9,12,14,18H,5-7,10-11,13H2,1-4H3,(H2,23,24,25);1H. The van der Waals surface area contributed by atoms with Crippen LogP contribution in [0, 0.1) is 0 Å². The first kappa shape index (κ1) is 27.1. The molecular formula is C19H32ClF2IN4O. The number of rotatable bonds is 11. The van der Waals surface area contributed by atoms with Gasteiger partial charge in [0.05, 0.1) is 6.54 Å². The van der Waals surface area contributed by atoms with Gasteiger partial charge in [0.15, 0.2) is 5.96 Å². The van der Waals surface area contributed by atoms with Gasteiger partial charge in [0, 0.05) is 29.7 Å². The van der Waals surface area contributed by atoms with E-state index in [0.29, 0.717) is 29.1 Å². The minimum atomic E-state index is -2.88. The number of hydrogen-bond donors (Lipinski definition) is 2. The SMILES string of the molecule is CCNC(=NCc1cc(Cl)ccc1OC(F)F)NCCCCN(C)C(C)C.I. The zero-order chi connectivity index (χ0) is 20.2. The lowest BCUT2D eigenvalue weighted by atomic mass is 10.2.